The van der Waals surface area contributed by atoms with Gasteiger partial charge >= 0.3 is 6.09 Å². The summed E-state index contributed by atoms with van der Waals surface area (Å²) in [5, 5.41) is 27.5. The Labute approximate surface area is 326 Å². The van der Waals surface area contributed by atoms with E-state index in [-0.39, 0.29) is 47.3 Å². The molecule has 6 N–H and O–H groups in total. The lowest BCUT2D eigenvalue weighted by molar-refractivity contribution is -0.130. The van der Waals surface area contributed by atoms with Crippen LogP contribution in [0.5, 0.6) is 0 Å². The van der Waals surface area contributed by atoms with Crippen LogP contribution in [0.25, 0.3) is 22.5 Å². The fourth-order valence-electron chi connectivity index (χ4n) is 7.44. The maximum absolute atomic E-state index is 13.9. The molecular weight excluding hydrogens is 720 g/mol. The Hall–Kier alpha value is -5.27. The van der Waals surface area contributed by atoms with E-state index >= 15 is 0 Å². The summed E-state index contributed by atoms with van der Waals surface area (Å²) >= 11 is 5.89. The lowest BCUT2D eigenvalue weighted by Gasteiger charge is -2.34. The standard InChI is InChI=1S/C41H49ClN8O5/c1-25(2)50-19-17-34(18-20-50)44-38(52)32-8-4-7-31(23-32)30-6-3-5-27(21-30)22-35(46-37(51)29-11-9-26(10-12-29)24-43-41(54)55)39(53)45-33-15-13-28(14-16-33)36-47-40(42)49-48-36/h3-8,13-16,21,23,25-26,29,34-35,43H,9-12,17-20,22,24H2,1-2H3,(H,44,52)(H,45,53)(H,46,51)(H,54,55)(H,47,48,49)/t26?,29?,35-/m0/s1. The third kappa shape index (κ3) is 10.9. The molecule has 1 aromatic heterocycles. The van der Waals surface area contributed by atoms with Gasteiger partial charge in [-0.3, -0.25) is 14.4 Å². The van der Waals surface area contributed by atoms with Crippen molar-refractivity contribution in [2.75, 3.05) is 25.0 Å². The minimum atomic E-state index is -1.05. The van der Waals surface area contributed by atoms with Crippen molar-refractivity contribution in [3.8, 4) is 22.5 Å². The van der Waals surface area contributed by atoms with Crippen molar-refractivity contribution >= 4 is 41.1 Å². The molecule has 1 atom stereocenters. The molecule has 1 saturated carbocycles. The average molecular weight is 769 g/mol. The highest BCUT2D eigenvalue weighted by Crippen LogP contribution is 2.29. The largest absolute Gasteiger partial charge is 0.465 e. The summed E-state index contributed by atoms with van der Waals surface area (Å²) in [6.45, 7) is 6.69. The minimum absolute atomic E-state index is 0.0925. The van der Waals surface area contributed by atoms with E-state index in [0.29, 0.717) is 60.9 Å². The molecule has 6 rings (SSSR count). The van der Waals surface area contributed by atoms with Gasteiger partial charge in [0.1, 0.15) is 6.04 Å². The molecule has 0 spiro atoms. The number of anilines is 1. The van der Waals surface area contributed by atoms with E-state index in [0.717, 1.165) is 42.6 Å². The van der Waals surface area contributed by atoms with Crippen LogP contribution in [0.15, 0.2) is 72.8 Å². The second-order valence-corrected chi connectivity index (χ2v) is 15.2. The molecule has 2 aliphatic rings. The van der Waals surface area contributed by atoms with Gasteiger partial charge in [0.25, 0.3) is 5.91 Å². The molecule has 290 valence electrons. The van der Waals surface area contributed by atoms with E-state index in [1.165, 1.54) is 0 Å². The topological polar surface area (TPSA) is 181 Å². The van der Waals surface area contributed by atoms with Crippen LogP contribution in [0.2, 0.25) is 5.28 Å². The molecule has 0 unspecified atom stereocenters. The maximum Gasteiger partial charge on any atom is 0.404 e. The van der Waals surface area contributed by atoms with Gasteiger partial charge in [0.2, 0.25) is 17.1 Å². The minimum Gasteiger partial charge on any atom is -0.465 e. The third-order valence-corrected chi connectivity index (χ3v) is 10.9. The Morgan fingerprint density at radius 3 is 2.24 bits per heavy atom. The van der Waals surface area contributed by atoms with Gasteiger partial charge in [-0.05, 0) is 123 Å². The normalized spacial score (nSPS) is 18.3. The summed E-state index contributed by atoms with van der Waals surface area (Å²) in [6, 6.07) is 22.1. The van der Waals surface area contributed by atoms with Crippen molar-refractivity contribution in [1.82, 2.24) is 36.0 Å². The monoisotopic (exact) mass is 768 g/mol. The van der Waals surface area contributed by atoms with Crippen molar-refractivity contribution in [2.24, 2.45) is 11.8 Å². The first-order valence-corrected chi connectivity index (χ1v) is 19.4. The second-order valence-electron chi connectivity index (χ2n) is 14.8. The van der Waals surface area contributed by atoms with Gasteiger partial charge in [-0.2, -0.15) is 10.1 Å². The van der Waals surface area contributed by atoms with Crippen LogP contribution >= 0.6 is 11.6 Å². The molecule has 3 aromatic carbocycles. The van der Waals surface area contributed by atoms with E-state index in [1.54, 1.807) is 24.3 Å². The molecule has 0 radical (unpaired) electrons. The zero-order valence-electron chi connectivity index (χ0n) is 31.2. The van der Waals surface area contributed by atoms with Crippen molar-refractivity contribution in [1.29, 1.82) is 0 Å². The highest BCUT2D eigenvalue weighted by atomic mass is 35.5. The number of likely N-dealkylation sites (tertiary alicyclic amines) is 1. The number of carboxylic acid groups (broad SMARTS) is 1. The maximum atomic E-state index is 13.9. The number of H-pyrrole nitrogens is 1. The summed E-state index contributed by atoms with van der Waals surface area (Å²) in [4.78, 5) is 58.4. The highest BCUT2D eigenvalue weighted by molar-refractivity contribution is 6.28. The van der Waals surface area contributed by atoms with Gasteiger partial charge in [-0.1, -0.05) is 36.4 Å². The number of hydrogen-bond acceptors (Lipinski definition) is 7. The molecule has 1 aliphatic carbocycles. The molecule has 0 bridgehead atoms. The third-order valence-electron chi connectivity index (χ3n) is 10.7. The number of carbonyl (C=O) groups excluding carboxylic acids is 3. The Morgan fingerprint density at radius 1 is 0.891 bits per heavy atom. The fourth-order valence-corrected chi connectivity index (χ4v) is 7.57. The highest BCUT2D eigenvalue weighted by Gasteiger charge is 2.30. The zero-order valence-corrected chi connectivity index (χ0v) is 31.9. The lowest BCUT2D eigenvalue weighted by Crippen LogP contribution is -2.48. The Kier molecular flexibility index (Phi) is 13.2. The molecule has 4 amide bonds. The Balaban J connectivity index is 1.15. The van der Waals surface area contributed by atoms with Gasteiger partial charge in [0, 0.05) is 60.9 Å². The molecule has 1 aliphatic heterocycles. The first-order valence-electron chi connectivity index (χ1n) is 19.0. The first-order chi connectivity index (χ1) is 26.5. The first kappa shape index (κ1) is 39.4. The molecule has 1 saturated heterocycles. The lowest BCUT2D eigenvalue weighted by atomic mass is 9.81. The summed E-state index contributed by atoms with van der Waals surface area (Å²) < 4.78 is 0. The molecular formula is C41H49ClN8O5. The van der Waals surface area contributed by atoms with E-state index in [1.807, 2.05) is 48.5 Å². The summed E-state index contributed by atoms with van der Waals surface area (Å²) in [5.74, 6) is -0.354. The molecule has 14 heteroatoms. The Morgan fingerprint density at radius 2 is 1.58 bits per heavy atom. The van der Waals surface area contributed by atoms with Gasteiger partial charge < -0.3 is 31.3 Å². The van der Waals surface area contributed by atoms with Gasteiger partial charge in [0.05, 0.1) is 0 Å². The van der Waals surface area contributed by atoms with Crippen molar-refractivity contribution in [2.45, 2.75) is 76.9 Å². The number of rotatable bonds is 13. The number of carbonyl (C=O) groups is 4. The van der Waals surface area contributed by atoms with Crippen molar-refractivity contribution in [3.05, 3.63) is 89.2 Å². The zero-order chi connectivity index (χ0) is 38.9. The second kappa shape index (κ2) is 18.4. The average Bonchev–Trinajstić information content (AvgIpc) is 3.63. The van der Waals surface area contributed by atoms with Crippen LogP contribution in [-0.4, -0.2) is 86.8 Å². The summed E-state index contributed by atoms with van der Waals surface area (Å²) in [7, 11) is 0. The van der Waals surface area contributed by atoms with E-state index in [9.17, 15) is 19.2 Å². The molecule has 4 aromatic rings. The summed E-state index contributed by atoms with van der Waals surface area (Å²) in [5.41, 5.74) is 4.44. The molecule has 2 fully saturated rings. The van der Waals surface area contributed by atoms with E-state index < -0.39 is 12.1 Å². The predicted molar refractivity (Wildman–Crippen MR) is 212 cm³/mol. The Bertz CT molecular complexity index is 1950. The molecule has 2 heterocycles. The van der Waals surface area contributed by atoms with Crippen LogP contribution < -0.4 is 21.3 Å². The van der Waals surface area contributed by atoms with Gasteiger partial charge in [-0.25, -0.2) is 9.89 Å². The fraction of sp³-hybridized carbons (Fsp3) is 0.415. The number of aromatic nitrogens is 3. The number of amides is 4. The number of nitrogens with zero attached hydrogens (tertiary/aromatic N) is 3. The van der Waals surface area contributed by atoms with E-state index in [4.69, 9.17) is 16.7 Å². The van der Waals surface area contributed by atoms with Crippen LogP contribution in [-0.2, 0) is 16.0 Å². The molecule has 55 heavy (non-hydrogen) atoms. The smallest absolute Gasteiger partial charge is 0.404 e. The number of aromatic amines is 1. The van der Waals surface area contributed by atoms with Crippen LogP contribution in [0.4, 0.5) is 10.5 Å². The van der Waals surface area contributed by atoms with Crippen LogP contribution in [0.3, 0.4) is 0 Å². The van der Waals surface area contributed by atoms with Crippen LogP contribution in [0, 0.1) is 11.8 Å². The number of piperidine rings is 1. The number of benzene rings is 3. The van der Waals surface area contributed by atoms with E-state index in [2.05, 4.69) is 55.2 Å². The quantitative estimate of drug-likeness (QED) is 0.0939. The number of nitrogens with one attached hydrogen (secondary N) is 5. The number of hydrogen-bond donors (Lipinski definition) is 6. The van der Waals surface area contributed by atoms with Gasteiger partial charge in [-0.15, -0.1) is 0 Å². The van der Waals surface area contributed by atoms with Crippen molar-refractivity contribution < 1.29 is 24.3 Å². The molecule has 13 nitrogen and oxygen atoms in total. The predicted octanol–water partition coefficient (Wildman–Crippen LogP) is 6.13. The summed E-state index contributed by atoms with van der Waals surface area (Å²) in [6.07, 6.45) is 3.66. The van der Waals surface area contributed by atoms with Crippen molar-refractivity contribution in [3.63, 3.8) is 0 Å². The van der Waals surface area contributed by atoms with Gasteiger partial charge in [0.15, 0.2) is 5.82 Å². The number of halogens is 1. The SMILES string of the molecule is CC(C)N1CCC(NC(=O)c2cccc(-c3cccc(C[C@H](NC(=O)C4CCC(CNC(=O)O)CC4)C(=O)Nc4ccc(-c5n[nH]c(Cl)n5)cc4)c3)c2)CC1. The van der Waals surface area contributed by atoms with Crippen LogP contribution in [0.1, 0.15) is 68.3 Å².